The minimum atomic E-state index is -1.71. The Morgan fingerprint density at radius 3 is 1.45 bits per heavy atom. The topological polar surface area (TPSA) is 198 Å². The third kappa shape index (κ3) is 3.58. The first-order chi connectivity index (χ1) is 18.1. The molecule has 4 aliphatic heterocycles. The van der Waals surface area contributed by atoms with Gasteiger partial charge in [0.15, 0.2) is 0 Å². The smallest absolute Gasteiger partial charge is 0.326 e. The van der Waals surface area contributed by atoms with Crippen molar-refractivity contribution in [3.63, 3.8) is 0 Å². The number of amides is 6. The fourth-order valence-electron chi connectivity index (χ4n) is 6.60. The van der Waals surface area contributed by atoms with Crippen LogP contribution in [0.5, 0.6) is 0 Å². The van der Waals surface area contributed by atoms with Gasteiger partial charge in [0.1, 0.15) is 35.5 Å². The summed E-state index contributed by atoms with van der Waals surface area (Å²) in [6.45, 7) is -1.04. The number of carbonyl (C=O) groups excluding carboxylic acids is 4. The van der Waals surface area contributed by atoms with Crippen LogP contribution in [0.15, 0.2) is 22.1 Å². The van der Waals surface area contributed by atoms with Crippen LogP contribution in [0.1, 0.15) is 12.8 Å². The van der Waals surface area contributed by atoms with Crippen molar-refractivity contribution in [2.45, 2.75) is 61.8 Å². The van der Waals surface area contributed by atoms with Gasteiger partial charge in [-0.25, -0.2) is 9.59 Å². The molecule has 0 radical (unpaired) electrons. The molecule has 0 aromatic carbocycles. The van der Waals surface area contributed by atoms with E-state index in [2.05, 4.69) is 42.5 Å². The highest BCUT2D eigenvalue weighted by molar-refractivity contribution is 9.11. The standard InChI is InChI=1S/C22H26Br2N4O10/c23-3-1-21-15(27(19(35)25-17(21)33)13-5-9(31)11(7-29)37-13)22(2-4-24)16(21)28(20(36)26-18(22)34)14-6-10(32)12(8-30)38-14/h1-4,9-16,29-32H,5-8H2,(H,25,33,35)(H,26,34,36)/b3-1+,4-2+/t9-,10-,11+,12+,13+,14+,15?,16?,21?,22?/m0/s1. The number of ether oxygens (including phenoxy) is 2. The van der Waals surface area contributed by atoms with Gasteiger partial charge in [-0.1, -0.05) is 44.0 Å². The van der Waals surface area contributed by atoms with E-state index in [0.29, 0.717) is 0 Å². The number of rotatable bonds is 6. The largest absolute Gasteiger partial charge is 0.394 e. The van der Waals surface area contributed by atoms with Crippen molar-refractivity contribution in [1.82, 2.24) is 20.4 Å². The van der Waals surface area contributed by atoms with E-state index in [0.717, 1.165) is 9.80 Å². The average molecular weight is 666 g/mol. The average Bonchev–Trinajstić information content (AvgIpc) is 3.43. The van der Waals surface area contributed by atoms with Crippen LogP contribution < -0.4 is 10.6 Å². The maximum atomic E-state index is 13.7. The number of fused-ring (bicyclic) bond motifs is 4. The van der Waals surface area contributed by atoms with Gasteiger partial charge in [-0.05, 0) is 9.97 Å². The lowest BCUT2D eigenvalue weighted by atomic mass is 9.42. The molecule has 14 nitrogen and oxygen atoms in total. The summed E-state index contributed by atoms with van der Waals surface area (Å²) in [6, 6.07) is -4.23. The van der Waals surface area contributed by atoms with Crippen LogP contribution in [-0.2, 0) is 19.1 Å². The quantitative estimate of drug-likeness (QED) is 0.196. The van der Waals surface area contributed by atoms with Crippen LogP contribution in [0.2, 0.25) is 0 Å². The van der Waals surface area contributed by atoms with E-state index in [1.54, 1.807) is 0 Å². The molecule has 1 aliphatic carbocycles. The Hall–Kier alpha value is -1.92. The second-order valence-corrected chi connectivity index (χ2v) is 10.9. The maximum absolute atomic E-state index is 13.7. The predicted octanol–water partition coefficient (Wildman–Crippen LogP) is -1.43. The summed E-state index contributed by atoms with van der Waals surface area (Å²) in [4.78, 5) is 59.0. The lowest BCUT2D eigenvalue weighted by molar-refractivity contribution is -0.225. The molecule has 6 N–H and O–H groups in total. The lowest BCUT2D eigenvalue weighted by Crippen LogP contribution is -2.93. The van der Waals surface area contributed by atoms with Crippen molar-refractivity contribution in [2.24, 2.45) is 10.8 Å². The van der Waals surface area contributed by atoms with Gasteiger partial charge in [0.2, 0.25) is 11.8 Å². The third-order valence-corrected chi connectivity index (χ3v) is 8.66. The molecule has 38 heavy (non-hydrogen) atoms. The van der Waals surface area contributed by atoms with E-state index >= 15 is 0 Å². The fourth-order valence-corrected chi connectivity index (χ4v) is 7.48. The molecule has 4 heterocycles. The normalized spacial score (nSPS) is 44.9. The number of urea groups is 2. The number of nitrogens with one attached hydrogen (secondary N) is 2. The van der Waals surface area contributed by atoms with Gasteiger partial charge in [0, 0.05) is 12.8 Å². The summed E-state index contributed by atoms with van der Waals surface area (Å²) in [5, 5.41) is 44.5. The second kappa shape index (κ2) is 9.92. The molecule has 0 bridgehead atoms. The molecule has 0 unspecified atom stereocenters. The van der Waals surface area contributed by atoms with E-state index in [9.17, 15) is 39.6 Å². The fraction of sp³-hybridized carbons (Fsp3) is 0.636. The highest BCUT2D eigenvalue weighted by Gasteiger charge is 2.84. The van der Waals surface area contributed by atoms with Crippen LogP contribution in [0.25, 0.3) is 0 Å². The van der Waals surface area contributed by atoms with Gasteiger partial charge in [-0.3, -0.25) is 30.0 Å². The molecule has 208 valence electrons. The van der Waals surface area contributed by atoms with Gasteiger partial charge in [-0.15, -0.1) is 0 Å². The summed E-state index contributed by atoms with van der Waals surface area (Å²) in [5.41, 5.74) is -3.43. The second-order valence-electron chi connectivity index (χ2n) is 9.82. The summed E-state index contributed by atoms with van der Waals surface area (Å²) in [5.74, 6) is -1.57. The van der Waals surface area contributed by atoms with E-state index in [-0.39, 0.29) is 12.8 Å². The first kappa shape index (κ1) is 27.6. The molecule has 5 fully saturated rings. The van der Waals surface area contributed by atoms with Crippen LogP contribution >= 0.6 is 31.9 Å². The Morgan fingerprint density at radius 2 is 1.16 bits per heavy atom. The van der Waals surface area contributed by atoms with Crippen LogP contribution in [0, 0.1) is 10.8 Å². The summed E-state index contributed by atoms with van der Waals surface area (Å²) in [7, 11) is 0. The minimum absolute atomic E-state index is 0.101. The number of nitrogens with zero attached hydrogens (tertiary/aromatic N) is 2. The summed E-state index contributed by atoms with van der Waals surface area (Å²) in [6.07, 6.45) is -3.79. The first-order valence-electron chi connectivity index (χ1n) is 11.8. The van der Waals surface area contributed by atoms with Crippen molar-refractivity contribution >= 4 is 55.7 Å². The lowest BCUT2D eigenvalue weighted by Gasteiger charge is -2.72. The highest BCUT2D eigenvalue weighted by Crippen LogP contribution is 2.65. The van der Waals surface area contributed by atoms with E-state index < -0.39 is 96.9 Å². The zero-order valence-corrected chi connectivity index (χ0v) is 22.8. The molecule has 5 aliphatic rings. The zero-order valence-electron chi connectivity index (χ0n) is 19.6. The number of imide groups is 2. The number of carbonyl (C=O) groups is 4. The maximum Gasteiger partial charge on any atom is 0.326 e. The Bertz CT molecular complexity index is 1010. The molecule has 0 aromatic rings. The number of halogens is 2. The third-order valence-electron chi connectivity index (χ3n) is 8.13. The molecule has 0 spiro atoms. The Kier molecular flexibility index (Phi) is 7.22. The first-order valence-corrected chi connectivity index (χ1v) is 13.7. The number of aliphatic hydroxyl groups is 4. The Labute approximate surface area is 232 Å². The van der Waals surface area contributed by atoms with Crippen molar-refractivity contribution in [2.75, 3.05) is 13.2 Å². The molecule has 4 saturated heterocycles. The van der Waals surface area contributed by atoms with E-state index in [1.807, 2.05) is 0 Å². The predicted molar refractivity (Wildman–Crippen MR) is 132 cm³/mol. The molecule has 0 aromatic heterocycles. The van der Waals surface area contributed by atoms with Gasteiger partial charge < -0.3 is 29.9 Å². The molecule has 6 atom stereocenters. The Balaban J connectivity index is 1.68. The van der Waals surface area contributed by atoms with Crippen molar-refractivity contribution < 1.29 is 49.1 Å². The number of hydrogen-bond donors (Lipinski definition) is 6. The van der Waals surface area contributed by atoms with Gasteiger partial charge in [0.25, 0.3) is 0 Å². The zero-order chi connectivity index (χ0) is 27.6. The minimum Gasteiger partial charge on any atom is -0.394 e. The Morgan fingerprint density at radius 1 is 0.789 bits per heavy atom. The van der Waals surface area contributed by atoms with Gasteiger partial charge >= 0.3 is 12.1 Å². The van der Waals surface area contributed by atoms with E-state index in [1.165, 1.54) is 22.1 Å². The highest BCUT2D eigenvalue weighted by atomic mass is 79.9. The summed E-state index contributed by atoms with van der Waals surface area (Å²) >= 11 is 6.38. The van der Waals surface area contributed by atoms with Crippen LogP contribution in [0.3, 0.4) is 0 Å². The molecular formula is C22H26Br2N4O10. The van der Waals surface area contributed by atoms with Gasteiger partial charge in [0.05, 0.1) is 37.5 Å². The molecule has 5 rings (SSSR count). The molecule has 6 amide bonds. The van der Waals surface area contributed by atoms with Gasteiger partial charge in [-0.2, -0.15) is 0 Å². The van der Waals surface area contributed by atoms with Crippen LogP contribution in [-0.4, -0.2) is 116 Å². The number of aliphatic hydroxyl groups excluding tert-OH is 4. The van der Waals surface area contributed by atoms with Crippen LogP contribution in [0.4, 0.5) is 9.59 Å². The SMILES string of the molecule is O=C1NC(=O)C2(/C=C/Br)C(N1[C@H]1C[C@H](O)[C@@H](CO)O1)C1(/C=C/Br)C(=O)NC(=O)N([C@H]3C[C@H](O)[C@@H](CO)O3)C21. The molecule has 1 saturated carbocycles. The van der Waals surface area contributed by atoms with Crippen molar-refractivity contribution in [1.29, 1.82) is 0 Å². The molecular weight excluding hydrogens is 640 g/mol. The van der Waals surface area contributed by atoms with E-state index in [4.69, 9.17) is 9.47 Å². The summed E-state index contributed by atoms with van der Waals surface area (Å²) < 4.78 is 11.5. The monoisotopic (exact) mass is 664 g/mol. The number of hydrogen-bond acceptors (Lipinski definition) is 10. The van der Waals surface area contributed by atoms with Crippen molar-refractivity contribution in [3.05, 3.63) is 22.1 Å². The molecule has 16 heteroatoms. The van der Waals surface area contributed by atoms with Crippen molar-refractivity contribution in [3.8, 4) is 0 Å².